The minimum atomic E-state index is -0.245. The van der Waals surface area contributed by atoms with Gasteiger partial charge in [0, 0.05) is 12.2 Å². The van der Waals surface area contributed by atoms with Gasteiger partial charge in [-0.3, -0.25) is 0 Å². The van der Waals surface area contributed by atoms with Crippen LogP contribution in [0.4, 0.5) is 10.1 Å². The first kappa shape index (κ1) is 17.4. The smallest absolute Gasteiger partial charge is 0.171 e. The molecule has 0 radical (unpaired) electrons. The quantitative estimate of drug-likeness (QED) is 0.817. The summed E-state index contributed by atoms with van der Waals surface area (Å²) in [6, 6.07) is 15.2. The lowest BCUT2D eigenvalue weighted by Gasteiger charge is -2.24. The van der Waals surface area contributed by atoms with E-state index in [0.717, 1.165) is 12.1 Å². The molecule has 0 spiro atoms. The van der Waals surface area contributed by atoms with E-state index in [4.69, 9.17) is 12.2 Å². The van der Waals surface area contributed by atoms with E-state index in [-0.39, 0.29) is 11.9 Å². The molecule has 2 N–H and O–H groups in total. The molecular formula is C18H22FN3S. The third-order valence-corrected chi connectivity index (χ3v) is 3.70. The summed E-state index contributed by atoms with van der Waals surface area (Å²) in [7, 11) is 4.03. The van der Waals surface area contributed by atoms with Crippen LogP contribution in [0.15, 0.2) is 48.5 Å². The molecule has 23 heavy (non-hydrogen) atoms. The summed E-state index contributed by atoms with van der Waals surface area (Å²) in [4.78, 5) is 2.10. The third-order valence-electron chi connectivity index (χ3n) is 3.48. The largest absolute Gasteiger partial charge is 0.354 e. The van der Waals surface area contributed by atoms with Gasteiger partial charge in [-0.2, -0.15) is 0 Å². The van der Waals surface area contributed by atoms with Crippen molar-refractivity contribution in [3.8, 4) is 0 Å². The first-order valence-electron chi connectivity index (χ1n) is 7.49. The normalized spacial score (nSPS) is 12.0. The summed E-state index contributed by atoms with van der Waals surface area (Å²) >= 11 is 5.38. The van der Waals surface area contributed by atoms with Gasteiger partial charge in [-0.25, -0.2) is 4.39 Å². The molecule has 5 heteroatoms. The zero-order chi connectivity index (χ0) is 16.8. The van der Waals surface area contributed by atoms with Gasteiger partial charge in [0.2, 0.25) is 0 Å². The number of rotatable bonds is 5. The molecule has 122 valence electrons. The minimum absolute atomic E-state index is 0.0569. The maximum Gasteiger partial charge on any atom is 0.171 e. The van der Waals surface area contributed by atoms with E-state index in [1.807, 2.05) is 38.4 Å². The summed E-state index contributed by atoms with van der Waals surface area (Å²) in [6.45, 7) is 2.53. The lowest BCUT2D eigenvalue weighted by molar-refractivity contribution is 0.363. The molecule has 0 saturated carbocycles. The average Bonchev–Trinajstić information content (AvgIpc) is 2.51. The fraction of sp³-hybridized carbons (Fsp3) is 0.278. The lowest BCUT2D eigenvalue weighted by Crippen LogP contribution is -2.37. The van der Waals surface area contributed by atoms with Crippen molar-refractivity contribution < 1.29 is 4.39 Å². The van der Waals surface area contributed by atoms with Crippen LogP contribution in [0.3, 0.4) is 0 Å². The van der Waals surface area contributed by atoms with Crippen LogP contribution in [0, 0.1) is 12.7 Å². The molecule has 0 aromatic heterocycles. The topological polar surface area (TPSA) is 27.3 Å². The second-order valence-corrected chi connectivity index (χ2v) is 6.20. The van der Waals surface area contributed by atoms with E-state index in [1.54, 1.807) is 13.0 Å². The van der Waals surface area contributed by atoms with Gasteiger partial charge in [0.05, 0.1) is 6.04 Å². The van der Waals surface area contributed by atoms with Crippen LogP contribution in [0.25, 0.3) is 0 Å². The molecular weight excluding hydrogens is 309 g/mol. The van der Waals surface area contributed by atoms with Crippen LogP contribution >= 0.6 is 12.2 Å². The molecule has 0 unspecified atom stereocenters. The highest BCUT2D eigenvalue weighted by Gasteiger charge is 2.13. The predicted molar refractivity (Wildman–Crippen MR) is 98.2 cm³/mol. The fourth-order valence-corrected chi connectivity index (χ4v) is 2.54. The summed E-state index contributed by atoms with van der Waals surface area (Å²) in [5.41, 5.74) is 2.41. The Labute approximate surface area is 142 Å². The molecule has 0 heterocycles. The number of halogens is 1. The van der Waals surface area contributed by atoms with Crippen LogP contribution in [0.1, 0.15) is 17.2 Å². The summed E-state index contributed by atoms with van der Waals surface area (Å²) in [6.07, 6.45) is 0. The average molecular weight is 331 g/mol. The minimum Gasteiger partial charge on any atom is -0.354 e. The van der Waals surface area contributed by atoms with Gasteiger partial charge in [0.1, 0.15) is 5.82 Å². The van der Waals surface area contributed by atoms with E-state index in [2.05, 4.69) is 27.7 Å². The molecule has 0 aliphatic heterocycles. The predicted octanol–water partition coefficient (Wildman–Crippen LogP) is 3.72. The second-order valence-electron chi connectivity index (χ2n) is 5.79. The van der Waals surface area contributed by atoms with Crippen LogP contribution in [0.2, 0.25) is 0 Å². The van der Waals surface area contributed by atoms with Crippen LogP contribution in [-0.4, -0.2) is 30.7 Å². The highest BCUT2D eigenvalue weighted by molar-refractivity contribution is 7.80. The van der Waals surface area contributed by atoms with E-state index >= 15 is 0 Å². The maximum absolute atomic E-state index is 13.6. The monoisotopic (exact) mass is 331 g/mol. The Balaban J connectivity index is 2.06. The van der Waals surface area contributed by atoms with Crippen LogP contribution in [0.5, 0.6) is 0 Å². The van der Waals surface area contributed by atoms with Gasteiger partial charge in [-0.1, -0.05) is 36.4 Å². The highest BCUT2D eigenvalue weighted by Crippen LogP contribution is 2.16. The molecule has 1 atom stereocenters. The Bertz CT molecular complexity index is 659. The molecule has 2 aromatic rings. The summed E-state index contributed by atoms with van der Waals surface area (Å²) in [5, 5.41) is 6.82. The van der Waals surface area contributed by atoms with Crippen LogP contribution < -0.4 is 10.6 Å². The molecule has 0 fully saturated rings. The molecule has 0 aliphatic carbocycles. The Morgan fingerprint density at radius 2 is 1.87 bits per heavy atom. The Morgan fingerprint density at radius 1 is 1.17 bits per heavy atom. The molecule has 0 amide bonds. The van der Waals surface area contributed by atoms with E-state index in [9.17, 15) is 4.39 Å². The molecule has 2 aromatic carbocycles. The van der Waals surface area contributed by atoms with E-state index < -0.39 is 0 Å². The van der Waals surface area contributed by atoms with E-state index in [0.29, 0.717) is 16.4 Å². The Kier molecular flexibility index (Phi) is 6.07. The fourth-order valence-electron chi connectivity index (χ4n) is 2.28. The zero-order valence-electron chi connectivity index (χ0n) is 13.6. The highest BCUT2D eigenvalue weighted by atomic mass is 32.1. The lowest BCUT2D eigenvalue weighted by atomic mass is 10.1. The van der Waals surface area contributed by atoms with Crippen molar-refractivity contribution in [3.63, 3.8) is 0 Å². The summed E-state index contributed by atoms with van der Waals surface area (Å²) < 4.78 is 13.6. The number of anilines is 1. The number of benzene rings is 2. The standard InChI is InChI=1S/C18H22FN3S/c1-13-9-10-15(11-16(13)19)20-18(23)21-17(12-22(2)3)14-7-5-4-6-8-14/h4-11,17H,12H2,1-3H3,(H2,20,21,23)/t17-/m0/s1. The van der Waals surface area contributed by atoms with Crippen molar-refractivity contribution in [1.29, 1.82) is 0 Å². The number of aryl methyl sites for hydroxylation is 1. The third kappa shape index (κ3) is 5.30. The molecule has 0 saturated heterocycles. The first-order chi connectivity index (χ1) is 11.0. The van der Waals surface area contributed by atoms with Gasteiger partial charge in [0.15, 0.2) is 5.11 Å². The molecule has 3 nitrogen and oxygen atoms in total. The first-order valence-corrected chi connectivity index (χ1v) is 7.90. The Morgan fingerprint density at radius 3 is 2.48 bits per heavy atom. The molecule has 2 rings (SSSR count). The summed E-state index contributed by atoms with van der Waals surface area (Å²) in [5.74, 6) is -0.245. The van der Waals surface area contributed by atoms with Gasteiger partial charge < -0.3 is 15.5 Å². The number of thiocarbonyl (C=S) groups is 1. The Hall–Kier alpha value is -1.98. The number of hydrogen-bond acceptors (Lipinski definition) is 2. The second kappa shape index (κ2) is 8.04. The van der Waals surface area contributed by atoms with Gasteiger partial charge in [-0.15, -0.1) is 0 Å². The van der Waals surface area contributed by atoms with Gasteiger partial charge >= 0.3 is 0 Å². The van der Waals surface area contributed by atoms with Gasteiger partial charge in [-0.05, 0) is 56.5 Å². The maximum atomic E-state index is 13.6. The number of nitrogens with zero attached hydrogens (tertiary/aromatic N) is 1. The van der Waals surface area contributed by atoms with Crippen molar-refractivity contribution in [2.24, 2.45) is 0 Å². The van der Waals surface area contributed by atoms with Crippen molar-refractivity contribution in [3.05, 3.63) is 65.5 Å². The zero-order valence-corrected chi connectivity index (χ0v) is 14.5. The van der Waals surface area contributed by atoms with E-state index in [1.165, 1.54) is 6.07 Å². The number of hydrogen-bond donors (Lipinski definition) is 2. The SMILES string of the molecule is Cc1ccc(NC(=S)N[C@@H](CN(C)C)c2ccccc2)cc1F. The number of likely N-dealkylation sites (N-methyl/N-ethyl adjacent to an activating group) is 1. The van der Waals surface area contributed by atoms with Crippen molar-refractivity contribution >= 4 is 23.0 Å². The molecule has 0 bridgehead atoms. The van der Waals surface area contributed by atoms with Gasteiger partial charge in [0.25, 0.3) is 0 Å². The van der Waals surface area contributed by atoms with Crippen molar-refractivity contribution in [1.82, 2.24) is 10.2 Å². The van der Waals surface area contributed by atoms with Crippen molar-refractivity contribution in [2.75, 3.05) is 26.0 Å². The molecule has 0 aliphatic rings. The number of nitrogens with one attached hydrogen (secondary N) is 2. The van der Waals surface area contributed by atoms with Crippen molar-refractivity contribution in [2.45, 2.75) is 13.0 Å². The van der Waals surface area contributed by atoms with Crippen LogP contribution in [-0.2, 0) is 0 Å².